The summed E-state index contributed by atoms with van der Waals surface area (Å²) in [6.45, 7) is 7.69. The van der Waals surface area contributed by atoms with Crippen LogP contribution in [0.1, 0.15) is 36.2 Å². The number of fused-ring (bicyclic) bond motifs is 3. The molecule has 1 aliphatic rings. The Bertz CT molecular complexity index is 950. The standard InChI is InChI=1S/C22H25N3/c1-15-5-6-21-19(11-15)20-14-24(4)17(3)12-22(20)25(21)13-16(2)18-7-9-23-10-8-18/h5-11,13,17H,12,14H2,1-4H3/b16-13-/t17-/m1/s1. The summed E-state index contributed by atoms with van der Waals surface area (Å²) in [5.74, 6) is 0. The minimum Gasteiger partial charge on any atom is -0.320 e. The highest BCUT2D eigenvalue weighted by atomic mass is 15.1. The third-order valence-electron chi connectivity index (χ3n) is 5.48. The lowest BCUT2D eigenvalue weighted by molar-refractivity contribution is 0.230. The van der Waals surface area contributed by atoms with E-state index < -0.39 is 0 Å². The van der Waals surface area contributed by atoms with Crippen LogP contribution in [0.5, 0.6) is 0 Å². The number of hydrogen-bond acceptors (Lipinski definition) is 2. The van der Waals surface area contributed by atoms with Crippen molar-refractivity contribution in [3.63, 3.8) is 0 Å². The average Bonchev–Trinajstić information content (AvgIpc) is 2.89. The van der Waals surface area contributed by atoms with Gasteiger partial charge in [0.25, 0.3) is 0 Å². The molecule has 1 aromatic carbocycles. The molecule has 0 saturated carbocycles. The van der Waals surface area contributed by atoms with Crippen LogP contribution in [0.2, 0.25) is 0 Å². The molecule has 3 heteroatoms. The molecule has 0 N–H and O–H groups in total. The lowest BCUT2D eigenvalue weighted by Crippen LogP contribution is -2.35. The summed E-state index contributed by atoms with van der Waals surface area (Å²) in [5.41, 5.74) is 8.06. The van der Waals surface area contributed by atoms with Crippen LogP contribution in [-0.2, 0) is 13.0 Å². The summed E-state index contributed by atoms with van der Waals surface area (Å²) in [6.07, 6.45) is 7.09. The van der Waals surface area contributed by atoms with E-state index in [1.54, 1.807) is 0 Å². The van der Waals surface area contributed by atoms with Crippen LogP contribution in [0.15, 0.2) is 42.7 Å². The minimum atomic E-state index is 0.561. The molecule has 0 radical (unpaired) electrons. The van der Waals surface area contributed by atoms with Gasteiger partial charge in [-0.1, -0.05) is 11.6 Å². The van der Waals surface area contributed by atoms with Gasteiger partial charge in [-0.2, -0.15) is 0 Å². The Labute approximate surface area is 149 Å². The van der Waals surface area contributed by atoms with Crippen molar-refractivity contribution >= 4 is 22.7 Å². The van der Waals surface area contributed by atoms with E-state index in [0.717, 1.165) is 13.0 Å². The first-order valence-corrected chi connectivity index (χ1v) is 8.96. The second kappa shape index (κ2) is 6.16. The van der Waals surface area contributed by atoms with Gasteiger partial charge in [-0.3, -0.25) is 9.88 Å². The van der Waals surface area contributed by atoms with Crippen molar-refractivity contribution in [3.8, 4) is 0 Å². The highest BCUT2D eigenvalue weighted by Gasteiger charge is 2.26. The van der Waals surface area contributed by atoms with Gasteiger partial charge in [-0.05, 0) is 68.8 Å². The Balaban J connectivity index is 1.93. The summed E-state index contributed by atoms with van der Waals surface area (Å²) in [5, 5.41) is 1.40. The van der Waals surface area contributed by atoms with Crippen LogP contribution < -0.4 is 0 Å². The zero-order valence-corrected chi connectivity index (χ0v) is 15.5. The molecule has 0 bridgehead atoms. The quantitative estimate of drug-likeness (QED) is 0.676. The van der Waals surface area contributed by atoms with E-state index >= 15 is 0 Å². The Kier molecular flexibility index (Phi) is 3.97. The van der Waals surface area contributed by atoms with Gasteiger partial charge in [0.15, 0.2) is 0 Å². The first-order valence-electron chi connectivity index (χ1n) is 8.96. The molecule has 2 aromatic heterocycles. The fourth-order valence-corrected chi connectivity index (χ4v) is 3.82. The summed E-state index contributed by atoms with van der Waals surface area (Å²) < 4.78 is 2.42. The zero-order chi connectivity index (χ0) is 17.6. The first kappa shape index (κ1) is 16.1. The van der Waals surface area contributed by atoms with E-state index in [1.165, 1.54) is 38.9 Å². The number of rotatable bonds is 2. The average molecular weight is 331 g/mol. The number of hydrogen-bond donors (Lipinski definition) is 0. The Morgan fingerprint density at radius 3 is 2.72 bits per heavy atom. The number of likely N-dealkylation sites (N-methyl/N-ethyl adjacent to an activating group) is 1. The highest BCUT2D eigenvalue weighted by molar-refractivity contribution is 5.90. The largest absolute Gasteiger partial charge is 0.320 e. The van der Waals surface area contributed by atoms with Crippen molar-refractivity contribution in [1.82, 2.24) is 14.5 Å². The van der Waals surface area contributed by atoms with Crippen LogP contribution in [0.25, 0.3) is 22.7 Å². The molecule has 4 rings (SSSR count). The molecule has 1 atom stereocenters. The second-order valence-corrected chi connectivity index (χ2v) is 7.33. The highest BCUT2D eigenvalue weighted by Crippen LogP contribution is 2.34. The van der Waals surface area contributed by atoms with Crippen LogP contribution in [0.4, 0.5) is 0 Å². The van der Waals surface area contributed by atoms with E-state index in [1.807, 2.05) is 12.4 Å². The van der Waals surface area contributed by atoms with E-state index in [0.29, 0.717) is 6.04 Å². The molecule has 0 aliphatic carbocycles. The summed E-state index contributed by atoms with van der Waals surface area (Å²) in [6, 6.07) is 11.5. The maximum atomic E-state index is 4.13. The maximum absolute atomic E-state index is 4.13. The predicted octanol–water partition coefficient (Wildman–Crippen LogP) is 4.74. The van der Waals surface area contributed by atoms with Crippen molar-refractivity contribution in [2.75, 3.05) is 7.05 Å². The molecule has 1 aliphatic heterocycles. The van der Waals surface area contributed by atoms with Gasteiger partial charge in [0.05, 0.1) is 5.52 Å². The van der Waals surface area contributed by atoms with Gasteiger partial charge in [0.1, 0.15) is 0 Å². The lowest BCUT2D eigenvalue weighted by atomic mass is 9.99. The van der Waals surface area contributed by atoms with Crippen molar-refractivity contribution < 1.29 is 0 Å². The van der Waals surface area contributed by atoms with E-state index in [9.17, 15) is 0 Å². The van der Waals surface area contributed by atoms with Gasteiger partial charge in [-0.25, -0.2) is 0 Å². The van der Waals surface area contributed by atoms with E-state index in [2.05, 4.69) is 78.8 Å². The van der Waals surface area contributed by atoms with Gasteiger partial charge in [0, 0.05) is 48.7 Å². The monoisotopic (exact) mass is 331 g/mol. The van der Waals surface area contributed by atoms with Crippen molar-refractivity contribution in [1.29, 1.82) is 0 Å². The second-order valence-electron chi connectivity index (χ2n) is 7.33. The summed E-state index contributed by atoms with van der Waals surface area (Å²) in [7, 11) is 2.23. The van der Waals surface area contributed by atoms with Gasteiger partial charge >= 0.3 is 0 Å². The Morgan fingerprint density at radius 1 is 1.20 bits per heavy atom. The maximum Gasteiger partial charge on any atom is 0.0529 e. The molecule has 0 saturated heterocycles. The molecule has 128 valence electrons. The number of nitrogens with zero attached hydrogens (tertiary/aromatic N) is 3. The number of aromatic nitrogens is 2. The smallest absolute Gasteiger partial charge is 0.0529 e. The number of aryl methyl sites for hydroxylation is 1. The minimum absolute atomic E-state index is 0.561. The third kappa shape index (κ3) is 2.79. The van der Waals surface area contributed by atoms with Crippen LogP contribution in [0.3, 0.4) is 0 Å². The fourth-order valence-electron chi connectivity index (χ4n) is 3.82. The first-order chi connectivity index (χ1) is 12.0. The van der Waals surface area contributed by atoms with Gasteiger partial charge in [-0.15, -0.1) is 0 Å². The van der Waals surface area contributed by atoms with Gasteiger partial charge < -0.3 is 4.57 Å². The molecule has 0 fully saturated rings. The van der Waals surface area contributed by atoms with Crippen LogP contribution in [-0.4, -0.2) is 27.5 Å². The Hall–Kier alpha value is -2.39. The van der Waals surface area contributed by atoms with Crippen molar-refractivity contribution in [2.45, 2.75) is 39.8 Å². The molecule has 3 nitrogen and oxygen atoms in total. The molecule has 0 amide bonds. The normalized spacial score (nSPS) is 18.6. The lowest BCUT2D eigenvalue weighted by Gasteiger charge is -2.30. The van der Waals surface area contributed by atoms with E-state index in [4.69, 9.17) is 0 Å². The SMILES string of the molecule is C/C(=C/n1c2c(c3cc(C)ccc31)CN(C)[C@H](C)C2)c1ccncc1. The summed E-state index contributed by atoms with van der Waals surface area (Å²) in [4.78, 5) is 6.59. The van der Waals surface area contributed by atoms with Crippen LogP contribution >= 0.6 is 0 Å². The van der Waals surface area contributed by atoms with Gasteiger partial charge in [0.2, 0.25) is 0 Å². The summed E-state index contributed by atoms with van der Waals surface area (Å²) >= 11 is 0. The molecule has 0 unspecified atom stereocenters. The molecule has 0 spiro atoms. The molecular weight excluding hydrogens is 306 g/mol. The number of pyridine rings is 1. The Morgan fingerprint density at radius 2 is 1.96 bits per heavy atom. The fraction of sp³-hybridized carbons (Fsp3) is 0.318. The third-order valence-corrected chi connectivity index (χ3v) is 5.48. The van der Waals surface area contributed by atoms with E-state index in [-0.39, 0.29) is 0 Å². The topological polar surface area (TPSA) is 21.1 Å². The van der Waals surface area contributed by atoms with Crippen molar-refractivity contribution in [2.24, 2.45) is 0 Å². The molecular formula is C22H25N3. The zero-order valence-electron chi connectivity index (χ0n) is 15.5. The number of benzene rings is 1. The van der Waals surface area contributed by atoms with Crippen molar-refractivity contribution in [3.05, 3.63) is 65.1 Å². The number of allylic oxidation sites excluding steroid dienone is 1. The molecule has 3 heterocycles. The molecule has 25 heavy (non-hydrogen) atoms. The van der Waals surface area contributed by atoms with Crippen LogP contribution in [0, 0.1) is 6.92 Å². The predicted molar refractivity (Wildman–Crippen MR) is 105 cm³/mol. The molecule has 3 aromatic rings.